The van der Waals surface area contributed by atoms with Crippen molar-refractivity contribution in [2.45, 2.75) is 32.9 Å². The number of fused-ring (bicyclic) bond motifs is 1. The Morgan fingerprint density at radius 3 is 2.66 bits per heavy atom. The average molecular weight is 449 g/mol. The maximum absolute atomic E-state index is 12.8. The van der Waals surface area contributed by atoms with Crippen molar-refractivity contribution >= 4 is 28.8 Å². The van der Waals surface area contributed by atoms with E-state index in [1.165, 1.54) is 18.9 Å². The van der Waals surface area contributed by atoms with Gasteiger partial charge in [-0.3, -0.25) is 9.78 Å². The molecule has 3 heterocycles. The zero-order valence-electron chi connectivity index (χ0n) is 18.2. The van der Waals surface area contributed by atoms with Crippen LogP contribution < -0.4 is 5.32 Å². The molecule has 0 bridgehead atoms. The molecule has 0 unspecified atom stereocenters. The lowest BCUT2D eigenvalue weighted by Gasteiger charge is -2.36. The number of benzene rings is 1. The number of aliphatic imine (C=N–C) groups is 1. The molecule has 7 nitrogen and oxygen atoms in total. The molecule has 1 amide bonds. The van der Waals surface area contributed by atoms with Gasteiger partial charge >= 0.3 is 5.97 Å². The number of nitrogens with one attached hydrogen (secondary N) is 1. The fraction of sp³-hybridized carbons (Fsp3) is 0.250. The topological polar surface area (TPSA) is 83.9 Å². The fourth-order valence-electron chi connectivity index (χ4n) is 3.85. The van der Waals surface area contributed by atoms with Crippen molar-refractivity contribution in [1.29, 1.82) is 0 Å². The van der Waals surface area contributed by atoms with Gasteiger partial charge in [-0.1, -0.05) is 42.1 Å². The van der Waals surface area contributed by atoms with Crippen LogP contribution in [0.4, 0.5) is 0 Å². The molecule has 8 heteroatoms. The van der Waals surface area contributed by atoms with E-state index in [0.717, 1.165) is 27.7 Å². The summed E-state index contributed by atoms with van der Waals surface area (Å²) in [5.41, 5.74) is 4.70. The smallest absolute Gasteiger partial charge is 0.338 e. The Kier molecular flexibility index (Phi) is 6.41. The first-order valence-electron chi connectivity index (χ1n) is 10.2. The molecule has 2 aliphatic heterocycles. The second kappa shape index (κ2) is 9.40. The van der Waals surface area contributed by atoms with Crippen molar-refractivity contribution in [3.8, 4) is 0 Å². The first-order chi connectivity index (χ1) is 15.5. The highest BCUT2D eigenvalue weighted by Gasteiger charge is 2.41. The van der Waals surface area contributed by atoms with Crippen LogP contribution in [0.3, 0.4) is 0 Å². The number of pyridine rings is 1. The van der Waals surface area contributed by atoms with Gasteiger partial charge in [0.2, 0.25) is 5.91 Å². The van der Waals surface area contributed by atoms with E-state index < -0.39 is 12.0 Å². The number of aromatic nitrogens is 1. The van der Waals surface area contributed by atoms with Crippen LogP contribution in [0.5, 0.6) is 0 Å². The lowest BCUT2D eigenvalue weighted by molar-refractivity contribution is -0.136. The molecular formula is C24H24N4O3S. The molecule has 1 N–H and O–H groups in total. The minimum atomic E-state index is -0.422. The maximum Gasteiger partial charge on any atom is 0.338 e. The number of thioether (sulfide) groups is 1. The van der Waals surface area contributed by atoms with E-state index in [1.807, 2.05) is 66.6 Å². The van der Waals surface area contributed by atoms with Gasteiger partial charge in [0.15, 0.2) is 5.17 Å². The molecule has 1 aromatic heterocycles. The summed E-state index contributed by atoms with van der Waals surface area (Å²) in [5, 5.41) is 5.59. The van der Waals surface area contributed by atoms with Gasteiger partial charge in [0, 0.05) is 11.9 Å². The number of allylic oxidation sites excluding steroid dienone is 1. The van der Waals surface area contributed by atoms with Crippen LogP contribution in [-0.2, 0) is 20.9 Å². The van der Waals surface area contributed by atoms with E-state index in [9.17, 15) is 9.59 Å². The van der Waals surface area contributed by atoms with Gasteiger partial charge in [-0.2, -0.15) is 0 Å². The van der Waals surface area contributed by atoms with Crippen LogP contribution in [0, 0.1) is 6.92 Å². The summed E-state index contributed by atoms with van der Waals surface area (Å²) in [5.74, 6) is -0.549. The molecule has 0 saturated carbocycles. The van der Waals surface area contributed by atoms with Crippen molar-refractivity contribution in [2.75, 3.05) is 7.11 Å². The van der Waals surface area contributed by atoms with Gasteiger partial charge < -0.3 is 15.0 Å². The first kappa shape index (κ1) is 21.8. The Labute approximate surface area is 191 Å². The zero-order valence-corrected chi connectivity index (χ0v) is 19.0. The number of amidine groups is 1. The van der Waals surface area contributed by atoms with Crippen LogP contribution in [0.15, 0.2) is 76.0 Å². The summed E-state index contributed by atoms with van der Waals surface area (Å²) in [6.07, 6.45) is 1.86. The van der Waals surface area contributed by atoms with Gasteiger partial charge in [0.05, 0.1) is 43.1 Å². The zero-order chi connectivity index (χ0) is 22.7. The summed E-state index contributed by atoms with van der Waals surface area (Å²) in [6, 6.07) is 13.1. The Bertz CT molecular complexity index is 1140. The van der Waals surface area contributed by atoms with E-state index in [1.54, 1.807) is 6.20 Å². The molecule has 32 heavy (non-hydrogen) atoms. The number of amides is 1. The predicted octanol–water partition coefficient (Wildman–Crippen LogP) is 3.84. The molecule has 2 aromatic rings. The van der Waals surface area contributed by atoms with Crippen LogP contribution in [0.1, 0.15) is 36.2 Å². The fourth-order valence-corrected chi connectivity index (χ4v) is 4.81. The second-order valence-electron chi connectivity index (χ2n) is 7.52. The Morgan fingerprint density at radius 2 is 1.94 bits per heavy atom. The van der Waals surface area contributed by atoms with Gasteiger partial charge in [-0.25, -0.2) is 9.79 Å². The minimum absolute atomic E-state index is 0.127. The number of carbonyl (C=O) groups is 2. The third kappa shape index (κ3) is 4.31. The quantitative estimate of drug-likeness (QED) is 0.676. The Balaban J connectivity index is 1.62. The van der Waals surface area contributed by atoms with Gasteiger partial charge in [-0.05, 0) is 42.5 Å². The molecule has 0 radical (unpaired) electrons. The SMILES string of the molecule is COC(=O)C1=C(C)N=C2SC=C(CC(=O)NCc3ccccn3)N2[C@H]1c1ccccc1C. The van der Waals surface area contributed by atoms with E-state index in [4.69, 9.17) is 4.74 Å². The Morgan fingerprint density at radius 1 is 1.16 bits per heavy atom. The van der Waals surface area contributed by atoms with Crippen LogP contribution >= 0.6 is 11.8 Å². The normalized spacial score (nSPS) is 17.5. The molecule has 164 valence electrons. The maximum atomic E-state index is 12.8. The summed E-state index contributed by atoms with van der Waals surface area (Å²) >= 11 is 1.46. The van der Waals surface area contributed by atoms with E-state index in [2.05, 4.69) is 15.3 Å². The molecule has 0 saturated heterocycles. The number of methoxy groups -OCH3 is 1. The van der Waals surface area contributed by atoms with Crippen molar-refractivity contribution in [3.05, 3.63) is 87.9 Å². The lowest BCUT2D eigenvalue weighted by atomic mass is 9.91. The highest BCUT2D eigenvalue weighted by Crippen LogP contribution is 2.45. The number of ether oxygens (including phenoxy) is 1. The second-order valence-corrected chi connectivity index (χ2v) is 8.35. The predicted molar refractivity (Wildman–Crippen MR) is 124 cm³/mol. The summed E-state index contributed by atoms with van der Waals surface area (Å²) in [4.78, 5) is 36.4. The molecule has 0 aliphatic carbocycles. The number of esters is 1. The molecule has 0 spiro atoms. The number of aryl methyl sites for hydroxylation is 1. The lowest BCUT2D eigenvalue weighted by Crippen LogP contribution is -2.38. The third-order valence-corrected chi connectivity index (χ3v) is 6.31. The van der Waals surface area contributed by atoms with Crippen molar-refractivity contribution in [1.82, 2.24) is 15.2 Å². The van der Waals surface area contributed by atoms with E-state index in [0.29, 0.717) is 17.8 Å². The number of carbonyl (C=O) groups excluding carboxylic acids is 2. The van der Waals surface area contributed by atoms with E-state index >= 15 is 0 Å². The standard InChI is InChI=1S/C24H24N4O3S/c1-15-8-4-5-10-19(15)22-21(23(30)31-3)16(2)27-24-28(22)18(14-32-24)12-20(29)26-13-17-9-6-7-11-25-17/h4-11,14,22H,12-13H2,1-3H3,(H,26,29)/t22-/m0/s1. The van der Waals surface area contributed by atoms with Gasteiger partial charge in [0.1, 0.15) is 0 Å². The van der Waals surface area contributed by atoms with Gasteiger partial charge in [0.25, 0.3) is 0 Å². The molecule has 1 aromatic carbocycles. The highest BCUT2D eigenvalue weighted by molar-refractivity contribution is 8.16. The molecular weight excluding hydrogens is 424 g/mol. The number of rotatable bonds is 6. The summed E-state index contributed by atoms with van der Waals surface area (Å²) < 4.78 is 5.10. The average Bonchev–Trinajstić information content (AvgIpc) is 3.19. The highest BCUT2D eigenvalue weighted by atomic mass is 32.2. The number of hydrogen-bond donors (Lipinski definition) is 1. The summed E-state index contributed by atoms with van der Waals surface area (Å²) in [6.45, 7) is 4.19. The molecule has 2 aliphatic rings. The Hall–Kier alpha value is -3.39. The third-order valence-electron chi connectivity index (χ3n) is 5.42. The van der Waals surface area contributed by atoms with Crippen LogP contribution in [-0.4, -0.2) is 34.0 Å². The first-order valence-corrected chi connectivity index (χ1v) is 11.1. The molecule has 1 atom stereocenters. The van der Waals surface area contributed by atoms with Crippen LogP contribution in [0.2, 0.25) is 0 Å². The van der Waals surface area contributed by atoms with Crippen molar-refractivity contribution < 1.29 is 14.3 Å². The largest absolute Gasteiger partial charge is 0.466 e. The van der Waals surface area contributed by atoms with Crippen molar-refractivity contribution in [2.24, 2.45) is 4.99 Å². The molecule has 4 rings (SSSR count). The number of nitrogens with zero attached hydrogens (tertiary/aromatic N) is 3. The minimum Gasteiger partial charge on any atom is -0.466 e. The monoisotopic (exact) mass is 448 g/mol. The van der Waals surface area contributed by atoms with Gasteiger partial charge in [-0.15, -0.1) is 0 Å². The number of hydrogen-bond acceptors (Lipinski definition) is 7. The van der Waals surface area contributed by atoms with Crippen LogP contribution in [0.25, 0.3) is 0 Å². The molecule has 0 fully saturated rings. The summed E-state index contributed by atoms with van der Waals surface area (Å²) in [7, 11) is 1.37. The van der Waals surface area contributed by atoms with E-state index in [-0.39, 0.29) is 12.3 Å². The van der Waals surface area contributed by atoms with Crippen molar-refractivity contribution in [3.63, 3.8) is 0 Å².